The van der Waals surface area contributed by atoms with Crippen LogP contribution in [-0.2, 0) is 0 Å². The molecule has 0 aliphatic rings. The van der Waals surface area contributed by atoms with E-state index in [1.165, 1.54) is 17.1 Å². The van der Waals surface area contributed by atoms with Crippen molar-refractivity contribution in [1.29, 1.82) is 0 Å². The Balaban J connectivity index is 2.76. The molecule has 0 spiro atoms. The van der Waals surface area contributed by atoms with Gasteiger partial charge in [0, 0.05) is 12.3 Å². The second-order valence-electron chi connectivity index (χ2n) is 3.09. The molecule has 0 aliphatic carbocycles. The summed E-state index contributed by atoms with van der Waals surface area (Å²) < 4.78 is 5.22. The zero-order valence-corrected chi connectivity index (χ0v) is 8.31. The van der Waals surface area contributed by atoms with Crippen LogP contribution in [0.25, 0.3) is 10.1 Å². The van der Waals surface area contributed by atoms with Crippen LogP contribution in [0.1, 0.15) is 23.0 Å². The molecule has 2 aromatic rings. The molecule has 1 heterocycles. The van der Waals surface area contributed by atoms with Crippen molar-refractivity contribution in [3.05, 3.63) is 29.5 Å². The number of nitrogens with zero attached hydrogens (tertiary/aromatic N) is 1. The normalized spacial score (nSPS) is 10.6. The number of rotatable bonds is 1. The number of aromatic nitrogens is 1. The first kappa shape index (κ1) is 8.38. The number of carbonyl (C=O) groups is 1. The van der Waals surface area contributed by atoms with Gasteiger partial charge in [0.15, 0.2) is 5.78 Å². The maximum absolute atomic E-state index is 11.1. The Labute approximate surface area is 80.4 Å². The molecule has 0 radical (unpaired) electrons. The molecule has 13 heavy (non-hydrogen) atoms. The van der Waals surface area contributed by atoms with Crippen molar-refractivity contribution >= 4 is 27.4 Å². The minimum absolute atomic E-state index is 0.0371. The van der Waals surface area contributed by atoms with E-state index >= 15 is 0 Å². The summed E-state index contributed by atoms with van der Waals surface area (Å²) in [5.74, 6) is 0.0371. The van der Waals surface area contributed by atoms with Crippen LogP contribution in [0, 0.1) is 6.92 Å². The highest BCUT2D eigenvalue weighted by molar-refractivity contribution is 7.13. The van der Waals surface area contributed by atoms with E-state index in [1.807, 2.05) is 19.1 Å². The lowest BCUT2D eigenvalue weighted by molar-refractivity contribution is 0.101. The van der Waals surface area contributed by atoms with Gasteiger partial charge >= 0.3 is 0 Å². The molecule has 2 rings (SSSR count). The highest BCUT2D eigenvalue weighted by Crippen LogP contribution is 2.23. The van der Waals surface area contributed by atoms with E-state index in [2.05, 4.69) is 10.4 Å². The Bertz CT molecular complexity index is 473. The first-order chi connectivity index (χ1) is 6.18. The number of benzene rings is 1. The maximum Gasteiger partial charge on any atom is 0.179 e. The summed E-state index contributed by atoms with van der Waals surface area (Å²) in [5, 5.41) is 0.975. The van der Waals surface area contributed by atoms with Crippen molar-refractivity contribution in [2.75, 3.05) is 0 Å². The van der Waals surface area contributed by atoms with Gasteiger partial charge in [0.1, 0.15) is 5.69 Å². The van der Waals surface area contributed by atoms with E-state index in [9.17, 15) is 4.79 Å². The van der Waals surface area contributed by atoms with Crippen molar-refractivity contribution in [3.63, 3.8) is 0 Å². The van der Waals surface area contributed by atoms with Crippen LogP contribution in [0.3, 0.4) is 0 Å². The van der Waals surface area contributed by atoms with Crippen molar-refractivity contribution in [2.45, 2.75) is 13.8 Å². The van der Waals surface area contributed by atoms with E-state index in [1.54, 1.807) is 6.92 Å². The maximum atomic E-state index is 11.1. The van der Waals surface area contributed by atoms with Gasteiger partial charge in [0.2, 0.25) is 0 Å². The van der Waals surface area contributed by atoms with Crippen molar-refractivity contribution in [2.24, 2.45) is 0 Å². The molecule has 3 heteroatoms. The van der Waals surface area contributed by atoms with Gasteiger partial charge in [-0.25, -0.2) is 0 Å². The van der Waals surface area contributed by atoms with Gasteiger partial charge < -0.3 is 0 Å². The summed E-state index contributed by atoms with van der Waals surface area (Å²) in [6.07, 6.45) is 0. The highest BCUT2D eigenvalue weighted by atomic mass is 32.1. The number of aryl methyl sites for hydroxylation is 1. The van der Waals surface area contributed by atoms with Crippen LogP contribution >= 0.6 is 11.5 Å². The molecule has 66 valence electrons. The molecule has 0 amide bonds. The van der Waals surface area contributed by atoms with Gasteiger partial charge in [-0.3, -0.25) is 4.79 Å². The van der Waals surface area contributed by atoms with Gasteiger partial charge in [-0.15, -0.1) is 0 Å². The zero-order valence-electron chi connectivity index (χ0n) is 7.50. The molecule has 0 saturated carbocycles. The summed E-state index contributed by atoms with van der Waals surface area (Å²) in [7, 11) is 0. The van der Waals surface area contributed by atoms with E-state index in [0.717, 1.165) is 10.1 Å². The van der Waals surface area contributed by atoms with Gasteiger partial charge in [0.25, 0.3) is 0 Å². The van der Waals surface area contributed by atoms with Gasteiger partial charge in [-0.2, -0.15) is 4.37 Å². The summed E-state index contributed by atoms with van der Waals surface area (Å²) in [5.41, 5.74) is 1.80. The third kappa shape index (κ3) is 1.35. The molecular formula is C10H9NOS. The Morgan fingerprint density at radius 2 is 2.23 bits per heavy atom. The Hall–Kier alpha value is -1.22. The topological polar surface area (TPSA) is 30.0 Å². The van der Waals surface area contributed by atoms with Crippen LogP contribution < -0.4 is 0 Å². The second-order valence-corrected chi connectivity index (χ2v) is 3.89. The van der Waals surface area contributed by atoms with Crippen LogP contribution in [0.4, 0.5) is 0 Å². The summed E-state index contributed by atoms with van der Waals surface area (Å²) in [4.78, 5) is 11.1. The average molecular weight is 191 g/mol. The molecule has 0 bridgehead atoms. The molecule has 1 aromatic carbocycles. The molecule has 1 aromatic heterocycles. The second kappa shape index (κ2) is 2.92. The van der Waals surface area contributed by atoms with Crippen LogP contribution in [0.5, 0.6) is 0 Å². The standard InChI is InChI=1S/C10H9NOS/c1-6-3-4-8-9(5-6)13-11-10(8)7(2)12/h3-5H,1-2H3. The largest absolute Gasteiger partial charge is 0.293 e. The predicted octanol–water partition coefficient (Wildman–Crippen LogP) is 2.81. The van der Waals surface area contributed by atoms with Crippen LogP contribution in [0.15, 0.2) is 18.2 Å². The molecule has 0 unspecified atom stereocenters. The lowest BCUT2D eigenvalue weighted by Gasteiger charge is -1.92. The molecular weight excluding hydrogens is 182 g/mol. The Morgan fingerprint density at radius 3 is 2.92 bits per heavy atom. The third-order valence-corrected chi connectivity index (χ3v) is 2.77. The predicted molar refractivity (Wildman–Crippen MR) is 54.4 cm³/mol. The van der Waals surface area contributed by atoms with Crippen molar-refractivity contribution in [1.82, 2.24) is 4.37 Å². The number of hydrogen-bond donors (Lipinski definition) is 0. The summed E-state index contributed by atoms with van der Waals surface area (Å²) >= 11 is 1.39. The van der Waals surface area contributed by atoms with Crippen molar-refractivity contribution in [3.8, 4) is 0 Å². The quantitative estimate of drug-likeness (QED) is 0.649. The molecule has 0 N–H and O–H groups in total. The van der Waals surface area contributed by atoms with Gasteiger partial charge in [-0.05, 0) is 30.1 Å². The fourth-order valence-corrected chi connectivity index (χ4v) is 2.22. The molecule has 2 nitrogen and oxygen atoms in total. The lowest BCUT2D eigenvalue weighted by atomic mass is 10.1. The fraction of sp³-hybridized carbons (Fsp3) is 0.200. The number of ketones is 1. The van der Waals surface area contributed by atoms with Gasteiger partial charge in [-0.1, -0.05) is 12.1 Å². The third-order valence-electron chi connectivity index (χ3n) is 1.96. The molecule has 0 atom stereocenters. The average Bonchev–Trinajstić information content (AvgIpc) is 2.46. The number of hydrogen-bond acceptors (Lipinski definition) is 3. The Morgan fingerprint density at radius 1 is 1.46 bits per heavy atom. The molecule has 0 saturated heterocycles. The number of Topliss-reactive ketones (excluding diaryl/α,β-unsaturated/α-hetero) is 1. The number of fused-ring (bicyclic) bond motifs is 1. The first-order valence-electron chi connectivity index (χ1n) is 4.05. The monoisotopic (exact) mass is 191 g/mol. The van der Waals surface area contributed by atoms with E-state index in [-0.39, 0.29) is 5.78 Å². The number of carbonyl (C=O) groups excluding carboxylic acids is 1. The Kier molecular flexibility index (Phi) is 1.88. The fourth-order valence-electron chi connectivity index (χ4n) is 1.30. The summed E-state index contributed by atoms with van der Waals surface area (Å²) in [6.45, 7) is 3.58. The van der Waals surface area contributed by atoms with E-state index in [0.29, 0.717) is 5.69 Å². The zero-order chi connectivity index (χ0) is 9.42. The molecule has 0 aliphatic heterocycles. The first-order valence-corrected chi connectivity index (χ1v) is 4.83. The van der Waals surface area contributed by atoms with Crippen LogP contribution in [-0.4, -0.2) is 10.2 Å². The SMILES string of the molecule is CC(=O)c1nsc2cc(C)ccc12. The minimum Gasteiger partial charge on any atom is -0.293 e. The van der Waals surface area contributed by atoms with Crippen LogP contribution in [0.2, 0.25) is 0 Å². The highest BCUT2D eigenvalue weighted by Gasteiger charge is 2.09. The lowest BCUT2D eigenvalue weighted by Crippen LogP contribution is -1.91. The van der Waals surface area contributed by atoms with E-state index in [4.69, 9.17) is 0 Å². The van der Waals surface area contributed by atoms with E-state index < -0.39 is 0 Å². The van der Waals surface area contributed by atoms with Gasteiger partial charge in [0.05, 0.1) is 4.70 Å². The molecule has 0 fully saturated rings. The van der Waals surface area contributed by atoms with Crippen molar-refractivity contribution < 1.29 is 4.79 Å². The minimum atomic E-state index is 0.0371. The summed E-state index contributed by atoms with van der Waals surface area (Å²) in [6, 6.07) is 6.02. The smallest absolute Gasteiger partial charge is 0.179 e.